The Morgan fingerprint density at radius 3 is 1.62 bits per heavy atom. The molecule has 0 radical (unpaired) electrons. The smallest absolute Gasteiger partial charge is 0.266 e. The number of rotatable bonds is 2. The lowest BCUT2D eigenvalue weighted by Gasteiger charge is -2.19. The van der Waals surface area contributed by atoms with Gasteiger partial charge in [-0.2, -0.15) is 0 Å². The van der Waals surface area contributed by atoms with Crippen molar-refractivity contribution in [2.24, 2.45) is 0 Å². The van der Waals surface area contributed by atoms with E-state index < -0.39 is 0 Å². The molecule has 0 saturated carbocycles. The van der Waals surface area contributed by atoms with E-state index in [-0.39, 0.29) is 11.8 Å². The Kier molecular flexibility index (Phi) is 3.28. The van der Waals surface area contributed by atoms with Gasteiger partial charge in [0.2, 0.25) is 0 Å². The zero-order valence-corrected chi connectivity index (χ0v) is 13.2. The summed E-state index contributed by atoms with van der Waals surface area (Å²) in [6.45, 7) is 2.02. The van der Waals surface area contributed by atoms with Crippen LogP contribution in [0.2, 0.25) is 0 Å². The Morgan fingerprint density at radius 1 is 0.583 bits per heavy atom. The maximum atomic E-state index is 12.8. The van der Waals surface area contributed by atoms with Crippen LogP contribution < -0.4 is 4.90 Å². The zero-order chi connectivity index (χ0) is 16.7. The quantitative estimate of drug-likeness (QED) is 0.655. The fourth-order valence-electron chi connectivity index (χ4n) is 3.18. The molecule has 3 aromatic rings. The van der Waals surface area contributed by atoms with Crippen LogP contribution in [0, 0.1) is 6.92 Å². The standard InChI is InChI=1S/C21H15NO2/c1-14-8-2-3-9-15(14)16-10-6-7-13-19(16)22-20(23)17-11-4-5-12-18(17)21(22)24/h2-13H,1H3. The van der Waals surface area contributed by atoms with Crippen molar-refractivity contribution < 1.29 is 9.59 Å². The Balaban J connectivity index is 1.90. The molecule has 0 bridgehead atoms. The molecule has 0 unspecified atom stereocenters. The number of anilines is 1. The van der Waals surface area contributed by atoms with Gasteiger partial charge in [0.25, 0.3) is 11.8 Å². The fourth-order valence-corrected chi connectivity index (χ4v) is 3.18. The first-order valence-corrected chi connectivity index (χ1v) is 7.81. The number of para-hydroxylation sites is 1. The van der Waals surface area contributed by atoms with Gasteiger partial charge in [-0.05, 0) is 36.2 Å². The topological polar surface area (TPSA) is 37.4 Å². The third-order valence-electron chi connectivity index (χ3n) is 4.37. The summed E-state index contributed by atoms with van der Waals surface area (Å²) in [6.07, 6.45) is 0. The number of hydrogen-bond acceptors (Lipinski definition) is 2. The van der Waals surface area contributed by atoms with Gasteiger partial charge in [0, 0.05) is 5.56 Å². The second-order valence-corrected chi connectivity index (χ2v) is 5.82. The summed E-state index contributed by atoms with van der Waals surface area (Å²) in [5.74, 6) is -0.534. The summed E-state index contributed by atoms with van der Waals surface area (Å²) in [4.78, 5) is 26.8. The van der Waals surface area contributed by atoms with Crippen LogP contribution in [-0.4, -0.2) is 11.8 Å². The van der Waals surface area contributed by atoms with E-state index in [1.54, 1.807) is 24.3 Å². The molecule has 3 aromatic carbocycles. The van der Waals surface area contributed by atoms with E-state index in [2.05, 4.69) is 0 Å². The third kappa shape index (κ3) is 2.06. The van der Waals surface area contributed by atoms with E-state index in [0.717, 1.165) is 16.7 Å². The highest BCUT2D eigenvalue weighted by Crippen LogP contribution is 2.36. The molecule has 3 nitrogen and oxygen atoms in total. The zero-order valence-electron chi connectivity index (χ0n) is 13.2. The fraction of sp³-hybridized carbons (Fsp3) is 0.0476. The second kappa shape index (κ2) is 5.46. The van der Waals surface area contributed by atoms with Crippen LogP contribution >= 0.6 is 0 Å². The minimum Gasteiger partial charge on any atom is -0.268 e. The molecule has 0 aliphatic carbocycles. The summed E-state index contributed by atoms with van der Waals surface area (Å²) in [5, 5.41) is 0. The molecule has 1 heterocycles. The van der Waals surface area contributed by atoms with Crippen molar-refractivity contribution >= 4 is 17.5 Å². The minimum absolute atomic E-state index is 0.267. The number of carbonyl (C=O) groups excluding carboxylic acids is 2. The molecule has 0 N–H and O–H groups in total. The molecule has 4 rings (SSSR count). The number of benzene rings is 3. The highest BCUT2D eigenvalue weighted by atomic mass is 16.2. The average molecular weight is 313 g/mol. The molecule has 1 aliphatic rings. The Labute approximate surface area is 140 Å². The van der Waals surface area contributed by atoms with Crippen LogP contribution in [0.1, 0.15) is 26.3 Å². The highest BCUT2D eigenvalue weighted by Gasteiger charge is 2.37. The van der Waals surface area contributed by atoms with Crippen molar-refractivity contribution in [2.45, 2.75) is 6.92 Å². The van der Waals surface area contributed by atoms with E-state index in [9.17, 15) is 9.59 Å². The van der Waals surface area contributed by atoms with E-state index >= 15 is 0 Å². The number of imide groups is 1. The maximum absolute atomic E-state index is 12.8. The largest absolute Gasteiger partial charge is 0.268 e. The molecule has 0 spiro atoms. The van der Waals surface area contributed by atoms with E-state index in [0.29, 0.717) is 16.8 Å². The summed E-state index contributed by atoms with van der Waals surface area (Å²) >= 11 is 0. The highest BCUT2D eigenvalue weighted by molar-refractivity contribution is 6.35. The molecule has 0 atom stereocenters. The summed E-state index contributed by atoms with van der Waals surface area (Å²) in [7, 11) is 0. The van der Waals surface area contributed by atoms with Gasteiger partial charge in [-0.1, -0.05) is 54.6 Å². The Bertz CT molecular complexity index is 940. The van der Waals surface area contributed by atoms with E-state index in [4.69, 9.17) is 0 Å². The van der Waals surface area contributed by atoms with Gasteiger partial charge in [0.1, 0.15) is 0 Å². The molecular weight excluding hydrogens is 298 g/mol. The van der Waals surface area contributed by atoms with Crippen LogP contribution in [0.25, 0.3) is 11.1 Å². The lowest BCUT2D eigenvalue weighted by Crippen LogP contribution is -2.29. The van der Waals surface area contributed by atoms with Crippen LogP contribution in [-0.2, 0) is 0 Å². The molecule has 0 aromatic heterocycles. The summed E-state index contributed by atoms with van der Waals surface area (Å²) in [6, 6.07) is 22.5. The van der Waals surface area contributed by atoms with Crippen molar-refractivity contribution in [1.82, 2.24) is 0 Å². The van der Waals surface area contributed by atoms with Gasteiger partial charge < -0.3 is 0 Å². The van der Waals surface area contributed by atoms with Crippen LogP contribution in [0.4, 0.5) is 5.69 Å². The monoisotopic (exact) mass is 313 g/mol. The van der Waals surface area contributed by atoms with Crippen molar-refractivity contribution in [3.8, 4) is 11.1 Å². The number of aryl methyl sites for hydroxylation is 1. The number of hydrogen-bond donors (Lipinski definition) is 0. The van der Waals surface area contributed by atoms with Gasteiger partial charge in [-0.15, -0.1) is 0 Å². The predicted octanol–water partition coefficient (Wildman–Crippen LogP) is 4.46. The van der Waals surface area contributed by atoms with Crippen LogP contribution in [0.3, 0.4) is 0 Å². The first-order valence-electron chi connectivity index (χ1n) is 7.81. The molecule has 0 fully saturated rings. The van der Waals surface area contributed by atoms with Gasteiger partial charge in [0.05, 0.1) is 16.8 Å². The molecular formula is C21H15NO2. The Morgan fingerprint density at radius 2 is 1.04 bits per heavy atom. The number of nitrogens with zero attached hydrogens (tertiary/aromatic N) is 1. The first kappa shape index (κ1) is 14.4. The second-order valence-electron chi connectivity index (χ2n) is 5.82. The van der Waals surface area contributed by atoms with Crippen molar-refractivity contribution in [3.63, 3.8) is 0 Å². The molecule has 0 saturated heterocycles. The molecule has 116 valence electrons. The van der Waals surface area contributed by atoms with Crippen molar-refractivity contribution in [3.05, 3.63) is 89.5 Å². The lowest BCUT2D eigenvalue weighted by molar-refractivity contribution is 0.0926. The van der Waals surface area contributed by atoms with Gasteiger partial charge >= 0.3 is 0 Å². The minimum atomic E-state index is -0.267. The van der Waals surface area contributed by atoms with E-state index in [1.807, 2.05) is 55.5 Å². The molecule has 2 amide bonds. The van der Waals surface area contributed by atoms with Gasteiger partial charge in [-0.3, -0.25) is 9.59 Å². The average Bonchev–Trinajstić information content (AvgIpc) is 2.87. The van der Waals surface area contributed by atoms with Crippen molar-refractivity contribution in [1.29, 1.82) is 0 Å². The summed E-state index contributed by atoms with van der Waals surface area (Å²) < 4.78 is 0. The predicted molar refractivity (Wildman–Crippen MR) is 94.2 cm³/mol. The van der Waals surface area contributed by atoms with Crippen molar-refractivity contribution in [2.75, 3.05) is 4.90 Å². The Hall–Kier alpha value is -3.20. The SMILES string of the molecule is Cc1ccccc1-c1ccccc1N1C(=O)c2ccccc2C1=O. The number of amides is 2. The third-order valence-corrected chi connectivity index (χ3v) is 4.37. The van der Waals surface area contributed by atoms with E-state index in [1.165, 1.54) is 4.90 Å². The van der Waals surface area contributed by atoms with Crippen LogP contribution in [0.5, 0.6) is 0 Å². The molecule has 3 heteroatoms. The number of fused-ring (bicyclic) bond motifs is 1. The first-order chi connectivity index (χ1) is 11.7. The molecule has 24 heavy (non-hydrogen) atoms. The summed E-state index contributed by atoms with van der Waals surface area (Å²) in [5.41, 5.74) is 4.54. The normalized spacial score (nSPS) is 13.3. The lowest BCUT2D eigenvalue weighted by atomic mass is 9.98. The number of carbonyl (C=O) groups is 2. The molecule has 1 aliphatic heterocycles. The maximum Gasteiger partial charge on any atom is 0.266 e. The van der Waals surface area contributed by atoms with Gasteiger partial charge in [0.15, 0.2) is 0 Å². The van der Waals surface area contributed by atoms with Crippen LogP contribution in [0.15, 0.2) is 72.8 Å². The van der Waals surface area contributed by atoms with Gasteiger partial charge in [-0.25, -0.2) is 4.90 Å².